The van der Waals surface area contributed by atoms with Crippen molar-refractivity contribution in [2.45, 2.75) is 31.7 Å². The van der Waals surface area contributed by atoms with Crippen molar-refractivity contribution in [3.8, 4) is 0 Å². The summed E-state index contributed by atoms with van der Waals surface area (Å²) in [5, 5.41) is 14.0. The molecule has 0 radical (unpaired) electrons. The second-order valence-corrected chi connectivity index (χ2v) is 6.62. The maximum Gasteiger partial charge on any atom is 0.269 e. The molecule has 1 aliphatic rings. The number of hydrogen-bond acceptors (Lipinski definition) is 6. The molecule has 1 aromatic heterocycles. The molecule has 120 valence electrons. The lowest BCUT2D eigenvalue weighted by atomic mass is 9.99. The highest BCUT2D eigenvalue weighted by atomic mass is 32.1. The van der Waals surface area contributed by atoms with E-state index in [2.05, 4.69) is 10.3 Å². The van der Waals surface area contributed by atoms with Gasteiger partial charge in [0.05, 0.1) is 17.0 Å². The number of aryl methyl sites for hydroxylation is 1. The van der Waals surface area contributed by atoms with Gasteiger partial charge >= 0.3 is 0 Å². The average Bonchev–Trinajstić information content (AvgIpc) is 2.88. The molecule has 1 amide bonds. The van der Waals surface area contributed by atoms with Gasteiger partial charge in [-0.25, -0.2) is 4.98 Å². The summed E-state index contributed by atoms with van der Waals surface area (Å²) in [6, 6.07) is 6.14. The van der Waals surface area contributed by atoms with Crippen LogP contribution in [0.25, 0.3) is 0 Å². The third kappa shape index (κ3) is 3.72. The predicted molar refractivity (Wildman–Crippen MR) is 87.5 cm³/mol. The van der Waals surface area contributed by atoms with Crippen LogP contribution in [0.4, 0.5) is 10.8 Å². The number of nitrogens with one attached hydrogen (secondary N) is 1. The van der Waals surface area contributed by atoms with E-state index < -0.39 is 4.92 Å². The van der Waals surface area contributed by atoms with Crippen molar-refractivity contribution in [3.05, 3.63) is 50.5 Å². The summed E-state index contributed by atoms with van der Waals surface area (Å²) in [6.07, 6.45) is 2.74. The third-order valence-corrected chi connectivity index (χ3v) is 4.77. The van der Waals surface area contributed by atoms with Gasteiger partial charge in [0.1, 0.15) is 0 Å². The zero-order valence-corrected chi connectivity index (χ0v) is 13.1. The smallest absolute Gasteiger partial charge is 0.269 e. The number of carbonyl (C=O) groups is 1. The van der Waals surface area contributed by atoms with E-state index in [4.69, 9.17) is 5.73 Å². The van der Waals surface area contributed by atoms with Crippen LogP contribution in [0, 0.1) is 10.1 Å². The fourth-order valence-electron chi connectivity index (χ4n) is 2.54. The Morgan fingerprint density at radius 1 is 1.43 bits per heavy atom. The molecule has 1 atom stereocenters. The summed E-state index contributed by atoms with van der Waals surface area (Å²) >= 11 is 1.47. The van der Waals surface area contributed by atoms with E-state index in [1.807, 2.05) is 0 Å². The van der Waals surface area contributed by atoms with E-state index in [1.165, 1.54) is 23.5 Å². The fourth-order valence-corrected chi connectivity index (χ4v) is 3.66. The van der Waals surface area contributed by atoms with Gasteiger partial charge in [-0.3, -0.25) is 14.9 Å². The number of thiazole rings is 1. The largest absolute Gasteiger partial charge is 0.327 e. The van der Waals surface area contributed by atoms with Gasteiger partial charge in [-0.05, 0) is 24.8 Å². The predicted octanol–water partition coefficient (Wildman–Crippen LogP) is 2.05. The number of benzene rings is 1. The number of nitro groups is 1. The number of nitrogens with two attached hydrogens (primary N) is 1. The summed E-state index contributed by atoms with van der Waals surface area (Å²) in [5.41, 5.74) is 7.70. The first kappa shape index (κ1) is 15.6. The lowest BCUT2D eigenvalue weighted by Gasteiger charge is -2.15. The highest BCUT2D eigenvalue weighted by molar-refractivity contribution is 7.15. The molecule has 3 N–H and O–H groups in total. The number of rotatable bonds is 4. The fraction of sp³-hybridized carbons (Fsp3) is 0.333. The van der Waals surface area contributed by atoms with Crippen LogP contribution in [0.5, 0.6) is 0 Å². The first-order valence-corrected chi connectivity index (χ1v) is 8.10. The monoisotopic (exact) mass is 332 g/mol. The molecule has 8 heteroatoms. The van der Waals surface area contributed by atoms with Crippen LogP contribution in [0.1, 0.15) is 22.6 Å². The molecule has 0 unspecified atom stereocenters. The molecular formula is C15H16N4O3S. The summed E-state index contributed by atoms with van der Waals surface area (Å²) in [7, 11) is 0. The van der Waals surface area contributed by atoms with Gasteiger partial charge in [-0.15, -0.1) is 11.3 Å². The Morgan fingerprint density at radius 2 is 2.17 bits per heavy atom. The Hall–Kier alpha value is -2.32. The van der Waals surface area contributed by atoms with Crippen molar-refractivity contribution in [1.29, 1.82) is 0 Å². The maximum absolute atomic E-state index is 12.1. The number of hydrogen-bond donors (Lipinski definition) is 2. The van der Waals surface area contributed by atoms with Gasteiger partial charge in [-0.2, -0.15) is 0 Å². The van der Waals surface area contributed by atoms with Gasteiger partial charge < -0.3 is 11.1 Å². The molecule has 2 aromatic rings. The number of anilines is 1. The van der Waals surface area contributed by atoms with Crippen LogP contribution in [-0.2, 0) is 24.1 Å². The molecular weight excluding hydrogens is 316 g/mol. The Kier molecular flexibility index (Phi) is 4.35. The van der Waals surface area contributed by atoms with Gasteiger partial charge in [0.25, 0.3) is 5.69 Å². The number of amides is 1. The molecule has 1 aliphatic carbocycles. The van der Waals surface area contributed by atoms with Crippen LogP contribution < -0.4 is 11.1 Å². The minimum atomic E-state index is -0.464. The molecule has 0 bridgehead atoms. The molecule has 0 saturated carbocycles. The van der Waals surface area contributed by atoms with Crippen molar-refractivity contribution >= 4 is 28.1 Å². The highest BCUT2D eigenvalue weighted by Gasteiger charge is 2.20. The quantitative estimate of drug-likeness (QED) is 0.657. The van der Waals surface area contributed by atoms with Gasteiger partial charge in [0, 0.05) is 23.1 Å². The number of nitro benzene ring substituents is 1. The van der Waals surface area contributed by atoms with Crippen LogP contribution in [-0.4, -0.2) is 21.9 Å². The lowest BCUT2D eigenvalue weighted by Crippen LogP contribution is -2.27. The number of carbonyl (C=O) groups excluding carboxylic acids is 1. The van der Waals surface area contributed by atoms with Crippen LogP contribution >= 0.6 is 11.3 Å². The zero-order valence-electron chi connectivity index (χ0n) is 12.3. The van der Waals surface area contributed by atoms with Crippen molar-refractivity contribution in [1.82, 2.24) is 4.98 Å². The van der Waals surface area contributed by atoms with E-state index in [9.17, 15) is 14.9 Å². The summed E-state index contributed by atoms with van der Waals surface area (Å²) in [6.45, 7) is 0. The standard InChI is InChI=1S/C15H16N4O3S/c16-10-3-6-12-13(8-10)23-15(17-12)18-14(20)7-9-1-4-11(5-2-9)19(21)22/h1-2,4-5,10H,3,6-8,16H2,(H,17,18,20)/t10-/m0/s1. The van der Waals surface area contributed by atoms with Gasteiger partial charge in [0.15, 0.2) is 5.13 Å². The Balaban J connectivity index is 1.62. The summed E-state index contributed by atoms with van der Waals surface area (Å²) < 4.78 is 0. The first-order chi connectivity index (χ1) is 11.0. The summed E-state index contributed by atoms with van der Waals surface area (Å²) in [4.78, 5) is 27.8. The van der Waals surface area contributed by atoms with Crippen LogP contribution in [0.3, 0.4) is 0 Å². The van der Waals surface area contributed by atoms with Gasteiger partial charge in [0.2, 0.25) is 5.91 Å². The Bertz CT molecular complexity index is 742. The molecule has 1 aromatic carbocycles. The van der Waals surface area contributed by atoms with E-state index in [-0.39, 0.29) is 24.1 Å². The lowest BCUT2D eigenvalue weighted by molar-refractivity contribution is -0.384. The molecule has 0 fully saturated rings. The van der Waals surface area contributed by atoms with Crippen molar-refractivity contribution < 1.29 is 9.72 Å². The highest BCUT2D eigenvalue weighted by Crippen LogP contribution is 2.29. The number of fused-ring (bicyclic) bond motifs is 1. The van der Waals surface area contributed by atoms with Gasteiger partial charge in [-0.1, -0.05) is 12.1 Å². The van der Waals surface area contributed by atoms with E-state index in [0.29, 0.717) is 5.13 Å². The van der Waals surface area contributed by atoms with E-state index in [1.54, 1.807) is 12.1 Å². The first-order valence-electron chi connectivity index (χ1n) is 7.28. The Labute approximate surface area is 136 Å². The molecule has 7 nitrogen and oxygen atoms in total. The molecule has 0 saturated heterocycles. The topological polar surface area (TPSA) is 111 Å². The van der Waals surface area contributed by atoms with Crippen LogP contribution in [0.2, 0.25) is 0 Å². The van der Waals surface area contributed by atoms with E-state index in [0.717, 1.165) is 35.4 Å². The molecule has 1 heterocycles. The minimum Gasteiger partial charge on any atom is -0.327 e. The molecule has 23 heavy (non-hydrogen) atoms. The minimum absolute atomic E-state index is 0.0121. The molecule has 3 rings (SSSR count). The SMILES string of the molecule is N[C@H]1CCc2nc(NC(=O)Cc3ccc([N+](=O)[O-])cc3)sc2C1. The van der Waals surface area contributed by atoms with Crippen molar-refractivity contribution in [2.24, 2.45) is 5.73 Å². The van der Waals surface area contributed by atoms with Crippen molar-refractivity contribution in [2.75, 3.05) is 5.32 Å². The maximum atomic E-state index is 12.1. The molecule has 0 spiro atoms. The average molecular weight is 332 g/mol. The second-order valence-electron chi connectivity index (χ2n) is 5.54. The number of nitrogens with zero attached hydrogens (tertiary/aromatic N) is 2. The normalized spacial score (nSPS) is 16.7. The molecule has 0 aliphatic heterocycles. The third-order valence-electron chi connectivity index (χ3n) is 3.74. The Morgan fingerprint density at radius 3 is 2.87 bits per heavy atom. The number of aromatic nitrogens is 1. The van der Waals surface area contributed by atoms with Crippen LogP contribution in [0.15, 0.2) is 24.3 Å². The second kappa shape index (κ2) is 6.43. The zero-order chi connectivity index (χ0) is 16.4. The summed E-state index contributed by atoms with van der Waals surface area (Å²) in [5.74, 6) is -0.186. The van der Waals surface area contributed by atoms with Crippen molar-refractivity contribution in [3.63, 3.8) is 0 Å². The number of non-ortho nitro benzene ring substituents is 1. The van der Waals surface area contributed by atoms with E-state index >= 15 is 0 Å².